The van der Waals surface area contributed by atoms with Crippen LogP contribution >= 0.6 is 0 Å². The Morgan fingerprint density at radius 2 is 1.75 bits per heavy atom. The molecule has 0 spiro atoms. The van der Waals surface area contributed by atoms with Crippen molar-refractivity contribution in [1.29, 1.82) is 0 Å². The van der Waals surface area contributed by atoms with Crippen LogP contribution in [0.4, 0.5) is 0 Å². The van der Waals surface area contributed by atoms with E-state index in [1.54, 1.807) is 0 Å². The molecule has 2 nitrogen and oxygen atoms in total. The molecular formula is C10H21NO+. The van der Waals surface area contributed by atoms with Crippen LogP contribution in [0.5, 0.6) is 0 Å². The number of hydrogen-bond acceptors (Lipinski definition) is 2. The maximum absolute atomic E-state index is 5.88. The van der Waals surface area contributed by atoms with Crippen molar-refractivity contribution in [3.8, 4) is 0 Å². The van der Waals surface area contributed by atoms with Gasteiger partial charge in [-0.2, -0.15) is 0 Å². The topological polar surface area (TPSA) is 15.1 Å². The summed E-state index contributed by atoms with van der Waals surface area (Å²) in [6, 6.07) is 0. The van der Waals surface area contributed by atoms with E-state index in [2.05, 4.69) is 25.9 Å². The molecule has 1 radical (unpaired) electrons. The van der Waals surface area contributed by atoms with Gasteiger partial charge in [0.15, 0.2) is 0 Å². The lowest BCUT2D eigenvalue weighted by atomic mass is 9.98. The van der Waals surface area contributed by atoms with E-state index in [0.717, 1.165) is 0 Å². The molecule has 1 saturated carbocycles. The highest BCUT2D eigenvalue weighted by Gasteiger charge is 2.21. The highest BCUT2D eigenvalue weighted by Crippen LogP contribution is 2.21. The Bertz CT molecular complexity index is 119. The van der Waals surface area contributed by atoms with E-state index in [1.807, 2.05) is 0 Å². The van der Waals surface area contributed by atoms with E-state index in [4.69, 9.17) is 4.74 Å². The van der Waals surface area contributed by atoms with Gasteiger partial charge in [-0.15, -0.1) is 4.90 Å². The van der Waals surface area contributed by atoms with Gasteiger partial charge in [0.1, 0.15) is 14.1 Å². The molecule has 1 aliphatic rings. The van der Waals surface area contributed by atoms with Gasteiger partial charge in [-0.1, -0.05) is 19.3 Å². The van der Waals surface area contributed by atoms with E-state index in [0.29, 0.717) is 6.10 Å². The first-order valence-corrected chi connectivity index (χ1v) is 5.02. The second kappa shape index (κ2) is 4.83. The fourth-order valence-corrected chi connectivity index (χ4v) is 1.60. The predicted octanol–water partition coefficient (Wildman–Crippen LogP) is 2.08. The molecule has 2 heteroatoms. The maximum Gasteiger partial charge on any atom is 0.233 e. The van der Waals surface area contributed by atoms with Gasteiger partial charge in [0, 0.05) is 6.92 Å². The van der Waals surface area contributed by atoms with Crippen molar-refractivity contribution in [2.45, 2.75) is 51.4 Å². The summed E-state index contributed by atoms with van der Waals surface area (Å²) in [5.74, 6) is 0. The summed E-state index contributed by atoms with van der Waals surface area (Å²) in [6.45, 7) is 2.12. The zero-order chi connectivity index (χ0) is 8.97. The van der Waals surface area contributed by atoms with Gasteiger partial charge < -0.3 is 4.74 Å². The number of rotatable bonds is 3. The van der Waals surface area contributed by atoms with Crippen molar-refractivity contribution < 1.29 is 4.74 Å². The van der Waals surface area contributed by atoms with Crippen molar-refractivity contribution in [3.05, 3.63) is 0 Å². The van der Waals surface area contributed by atoms with E-state index in [-0.39, 0.29) is 6.23 Å². The SMILES string of the molecule is CC(OC1CCCCC1)[N+](C)C. The summed E-state index contributed by atoms with van der Waals surface area (Å²) >= 11 is 0. The maximum atomic E-state index is 5.88. The molecule has 1 aliphatic carbocycles. The van der Waals surface area contributed by atoms with Crippen LogP contribution < -0.4 is 4.90 Å². The molecule has 1 atom stereocenters. The van der Waals surface area contributed by atoms with Crippen molar-refractivity contribution in [1.82, 2.24) is 4.90 Å². The van der Waals surface area contributed by atoms with Crippen LogP contribution in [0.15, 0.2) is 0 Å². The molecule has 1 fully saturated rings. The van der Waals surface area contributed by atoms with Gasteiger partial charge >= 0.3 is 0 Å². The highest BCUT2D eigenvalue weighted by molar-refractivity contribution is 4.67. The Morgan fingerprint density at radius 1 is 1.17 bits per heavy atom. The van der Waals surface area contributed by atoms with E-state index in [9.17, 15) is 0 Å². The predicted molar refractivity (Wildman–Crippen MR) is 51.4 cm³/mol. The third-order valence-electron chi connectivity index (χ3n) is 2.67. The first-order valence-electron chi connectivity index (χ1n) is 5.02. The Hall–Kier alpha value is -0.0800. The van der Waals surface area contributed by atoms with Crippen LogP contribution in [-0.4, -0.2) is 26.4 Å². The summed E-state index contributed by atoms with van der Waals surface area (Å²) in [4.78, 5) is 2.12. The molecule has 0 amide bonds. The monoisotopic (exact) mass is 171 g/mol. The standard InChI is InChI=1S/C10H21NO/c1-9(11(2)3)12-10-7-5-4-6-8-10/h9-10H,4-8H2,1-3H3/q+1. The largest absolute Gasteiger partial charge is 0.322 e. The first-order chi connectivity index (χ1) is 5.70. The number of ether oxygens (including phenoxy) is 1. The molecule has 0 bridgehead atoms. The van der Waals surface area contributed by atoms with Crippen LogP contribution in [0.1, 0.15) is 39.0 Å². The van der Waals surface area contributed by atoms with Gasteiger partial charge in [-0.3, -0.25) is 0 Å². The molecule has 0 saturated heterocycles. The van der Waals surface area contributed by atoms with Crippen molar-refractivity contribution in [2.75, 3.05) is 14.1 Å². The third-order valence-corrected chi connectivity index (χ3v) is 2.67. The van der Waals surface area contributed by atoms with Gasteiger partial charge in [-0.05, 0) is 12.8 Å². The zero-order valence-corrected chi connectivity index (χ0v) is 8.55. The lowest BCUT2D eigenvalue weighted by Crippen LogP contribution is -2.36. The zero-order valence-electron chi connectivity index (χ0n) is 8.55. The number of nitrogens with zero attached hydrogens (tertiary/aromatic N) is 1. The van der Waals surface area contributed by atoms with Crippen LogP contribution in [0.3, 0.4) is 0 Å². The highest BCUT2D eigenvalue weighted by atomic mass is 16.5. The Labute approximate surface area is 75.9 Å². The van der Waals surface area contributed by atoms with Crippen LogP contribution in [0.25, 0.3) is 0 Å². The second-order valence-electron chi connectivity index (χ2n) is 3.96. The summed E-state index contributed by atoms with van der Waals surface area (Å²) in [5.41, 5.74) is 0. The van der Waals surface area contributed by atoms with Crippen molar-refractivity contribution in [3.63, 3.8) is 0 Å². The molecular weight excluding hydrogens is 150 g/mol. The smallest absolute Gasteiger partial charge is 0.233 e. The lowest BCUT2D eigenvalue weighted by molar-refractivity contribution is -0.0552. The van der Waals surface area contributed by atoms with Crippen LogP contribution in [0.2, 0.25) is 0 Å². The summed E-state index contributed by atoms with van der Waals surface area (Å²) in [6.07, 6.45) is 7.42. The van der Waals surface area contributed by atoms with E-state index in [1.165, 1.54) is 32.1 Å². The van der Waals surface area contributed by atoms with E-state index < -0.39 is 0 Å². The molecule has 71 valence electrons. The van der Waals surface area contributed by atoms with Gasteiger partial charge in [-0.25, -0.2) is 0 Å². The Kier molecular flexibility index (Phi) is 4.02. The molecule has 0 aromatic heterocycles. The lowest BCUT2D eigenvalue weighted by Gasteiger charge is -2.24. The van der Waals surface area contributed by atoms with Crippen molar-refractivity contribution >= 4 is 0 Å². The first kappa shape index (κ1) is 10.0. The van der Waals surface area contributed by atoms with Gasteiger partial charge in [0.05, 0.1) is 6.10 Å². The number of hydrogen-bond donors (Lipinski definition) is 0. The normalized spacial score (nSPS) is 23.0. The average Bonchev–Trinajstić information content (AvgIpc) is 2.06. The molecule has 0 aromatic rings. The molecule has 0 aromatic carbocycles. The summed E-state index contributed by atoms with van der Waals surface area (Å²) in [5, 5.41) is 0. The van der Waals surface area contributed by atoms with Crippen LogP contribution in [-0.2, 0) is 4.74 Å². The minimum Gasteiger partial charge on any atom is -0.322 e. The summed E-state index contributed by atoms with van der Waals surface area (Å²) < 4.78 is 5.88. The fraction of sp³-hybridized carbons (Fsp3) is 1.00. The molecule has 0 heterocycles. The molecule has 0 N–H and O–H groups in total. The second-order valence-corrected chi connectivity index (χ2v) is 3.96. The summed E-state index contributed by atoms with van der Waals surface area (Å²) in [7, 11) is 4.13. The molecule has 1 unspecified atom stereocenters. The Balaban J connectivity index is 2.20. The Morgan fingerprint density at radius 3 is 2.25 bits per heavy atom. The van der Waals surface area contributed by atoms with Gasteiger partial charge in [0.25, 0.3) is 0 Å². The fourth-order valence-electron chi connectivity index (χ4n) is 1.60. The third kappa shape index (κ3) is 3.11. The van der Waals surface area contributed by atoms with E-state index >= 15 is 0 Å². The quantitative estimate of drug-likeness (QED) is 0.469. The van der Waals surface area contributed by atoms with Gasteiger partial charge in [0.2, 0.25) is 6.23 Å². The molecule has 1 rings (SSSR count). The molecule has 12 heavy (non-hydrogen) atoms. The molecule has 0 aliphatic heterocycles. The minimum absolute atomic E-state index is 0.271. The van der Waals surface area contributed by atoms with Crippen LogP contribution in [0, 0.1) is 0 Å². The van der Waals surface area contributed by atoms with Crippen molar-refractivity contribution in [2.24, 2.45) is 0 Å². The average molecular weight is 171 g/mol. The minimum atomic E-state index is 0.271.